The van der Waals surface area contributed by atoms with E-state index < -0.39 is 41.5 Å². The van der Waals surface area contributed by atoms with E-state index in [0.717, 1.165) is 5.56 Å². The SMILES string of the molecule is CN(Cc1ccccc1)C(=O)COc1c(F)c(F)cc(F)c1F. The maximum Gasteiger partial charge on any atom is 0.260 e. The topological polar surface area (TPSA) is 29.5 Å². The second-order valence-corrected chi connectivity index (χ2v) is 4.82. The summed E-state index contributed by atoms with van der Waals surface area (Å²) in [7, 11) is 1.47. The number of nitrogens with zero attached hydrogens (tertiary/aromatic N) is 1. The van der Waals surface area contributed by atoms with Crippen LogP contribution in [0.2, 0.25) is 0 Å². The van der Waals surface area contributed by atoms with Crippen molar-refractivity contribution in [1.29, 1.82) is 0 Å². The summed E-state index contributed by atoms with van der Waals surface area (Å²) in [6.45, 7) is -0.494. The molecule has 23 heavy (non-hydrogen) atoms. The van der Waals surface area contributed by atoms with Crippen molar-refractivity contribution in [2.75, 3.05) is 13.7 Å². The van der Waals surface area contributed by atoms with Crippen molar-refractivity contribution in [3.05, 3.63) is 65.2 Å². The number of rotatable bonds is 5. The molecule has 7 heteroatoms. The van der Waals surface area contributed by atoms with Crippen LogP contribution in [0.4, 0.5) is 17.6 Å². The van der Waals surface area contributed by atoms with Gasteiger partial charge in [-0.05, 0) is 5.56 Å². The van der Waals surface area contributed by atoms with E-state index >= 15 is 0 Å². The summed E-state index contributed by atoms with van der Waals surface area (Å²) in [6, 6.07) is 9.08. The van der Waals surface area contributed by atoms with E-state index in [2.05, 4.69) is 4.74 Å². The van der Waals surface area contributed by atoms with Gasteiger partial charge in [0.1, 0.15) is 0 Å². The third kappa shape index (κ3) is 4.00. The maximum atomic E-state index is 13.4. The van der Waals surface area contributed by atoms with Gasteiger partial charge in [0, 0.05) is 19.7 Å². The van der Waals surface area contributed by atoms with Gasteiger partial charge in [0.05, 0.1) is 0 Å². The van der Waals surface area contributed by atoms with Crippen LogP contribution in [0.3, 0.4) is 0 Å². The quantitative estimate of drug-likeness (QED) is 0.623. The van der Waals surface area contributed by atoms with E-state index in [-0.39, 0.29) is 12.6 Å². The number of hydrogen-bond acceptors (Lipinski definition) is 2. The van der Waals surface area contributed by atoms with Gasteiger partial charge in [0.2, 0.25) is 11.6 Å². The van der Waals surface area contributed by atoms with E-state index in [1.54, 1.807) is 24.3 Å². The summed E-state index contributed by atoms with van der Waals surface area (Å²) in [5.74, 6) is -8.39. The zero-order valence-corrected chi connectivity index (χ0v) is 12.2. The monoisotopic (exact) mass is 327 g/mol. The fourth-order valence-corrected chi connectivity index (χ4v) is 1.87. The van der Waals surface area contributed by atoms with Crippen LogP contribution in [0.25, 0.3) is 0 Å². The molecule has 0 aliphatic rings. The summed E-state index contributed by atoms with van der Waals surface area (Å²) in [6.07, 6.45) is 0. The molecule has 2 aromatic rings. The van der Waals surface area contributed by atoms with E-state index in [9.17, 15) is 22.4 Å². The summed E-state index contributed by atoms with van der Waals surface area (Å²) < 4.78 is 57.5. The molecule has 2 aromatic carbocycles. The molecule has 0 unspecified atom stereocenters. The Morgan fingerprint density at radius 3 is 2.17 bits per heavy atom. The first kappa shape index (κ1) is 16.8. The lowest BCUT2D eigenvalue weighted by atomic mass is 10.2. The molecule has 0 atom stereocenters. The molecule has 0 saturated carbocycles. The smallest absolute Gasteiger partial charge is 0.260 e. The summed E-state index contributed by atoms with van der Waals surface area (Å²) in [5.41, 5.74) is 0.845. The Bertz CT molecular complexity index is 681. The summed E-state index contributed by atoms with van der Waals surface area (Å²) >= 11 is 0. The van der Waals surface area contributed by atoms with Gasteiger partial charge in [-0.2, -0.15) is 8.78 Å². The first-order chi connectivity index (χ1) is 10.9. The molecule has 0 bridgehead atoms. The molecule has 0 aliphatic carbocycles. The maximum absolute atomic E-state index is 13.4. The Morgan fingerprint density at radius 2 is 1.61 bits per heavy atom. The molecule has 0 saturated heterocycles. The predicted octanol–water partition coefficient (Wildman–Crippen LogP) is 3.28. The molecule has 122 valence electrons. The molecule has 2 rings (SSSR count). The Balaban J connectivity index is 2.02. The molecule has 1 amide bonds. The van der Waals surface area contributed by atoms with E-state index in [1.165, 1.54) is 11.9 Å². The Hall–Kier alpha value is -2.57. The molecule has 0 aliphatic heterocycles. The van der Waals surface area contributed by atoms with Crippen molar-refractivity contribution in [2.45, 2.75) is 6.54 Å². The van der Waals surface area contributed by atoms with Gasteiger partial charge in [-0.25, -0.2) is 8.78 Å². The zero-order chi connectivity index (χ0) is 17.0. The van der Waals surface area contributed by atoms with Crippen LogP contribution in [0, 0.1) is 23.3 Å². The van der Waals surface area contributed by atoms with E-state index in [4.69, 9.17) is 0 Å². The van der Waals surface area contributed by atoms with Crippen molar-refractivity contribution in [1.82, 2.24) is 4.90 Å². The van der Waals surface area contributed by atoms with Crippen LogP contribution < -0.4 is 4.74 Å². The first-order valence-corrected chi connectivity index (χ1v) is 6.64. The molecule has 0 aromatic heterocycles. The van der Waals surface area contributed by atoms with Crippen molar-refractivity contribution in [3.63, 3.8) is 0 Å². The molecule has 0 spiro atoms. The number of ether oxygens (including phenoxy) is 1. The van der Waals surface area contributed by atoms with Crippen LogP contribution in [0.1, 0.15) is 5.56 Å². The van der Waals surface area contributed by atoms with Crippen LogP contribution in [0.15, 0.2) is 36.4 Å². The molecule has 0 radical (unpaired) electrons. The van der Waals surface area contributed by atoms with Crippen molar-refractivity contribution in [3.8, 4) is 5.75 Å². The van der Waals surface area contributed by atoms with Crippen LogP contribution in [0.5, 0.6) is 5.75 Å². The zero-order valence-electron chi connectivity index (χ0n) is 12.2. The van der Waals surface area contributed by atoms with Crippen molar-refractivity contribution < 1.29 is 27.1 Å². The number of amides is 1. The largest absolute Gasteiger partial charge is 0.477 e. The highest BCUT2D eigenvalue weighted by Gasteiger charge is 2.22. The molecule has 0 N–H and O–H groups in total. The van der Waals surface area contributed by atoms with Gasteiger partial charge in [-0.1, -0.05) is 30.3 Å². The van der Waals surface area contributed by atoms with E-state index in [0.29, 0.717) is 0 Å². The predicted molar refractivity (Wildman–Crippen MR) is 74.7 cm³/mol. The third-order valence-electron chi connectivity index (χ3n) is 3.10. The second-order valence-electron chi connectivity index (χ2n) is 4.82. The van der Waals surface area contributed by atoms with Crippen molar-refractivity contribution in [2.24, 2.45) is 0 Å². The lowest BCUT2D eigenvalue weighted by Crippen LogP contribution is -2.31. The fraction of sp³-hybridized carbons (Fsp3) is 0.188. The average molecular weight is 327 g/mol. The number of carbonyl (C=O) groups is 1. The number of likely N-dealkylation sites (N-methyl/N-ethyl adjacent to an activating group) is 1. The fourth-order valence-electron chi connectivity index (χ4n) is 1.87. The third-order valence-corrected chi connectivity index (χ3v) is 3.10. The van der Waals surface area contributed by atoms with Gasteiger partial charge >= 0.3 is 0 Å². The van der Waals surface area contributed by atoms with Gasteiger partial charge in [0.25, 0.3) is 5.91 Å². The molecular weight excluding hydrogens is 314 g/mol. The second kappa shape index (κ2) is 7.13. The molecule has 0 heterocycles. The number of carbonyl (C=O) groups excluding carboxylic acids is 1. The van der Waals surface area contributed by atoms with Crippen LogP contribution >= 0.6 is 0 Å². The Morgan fingerprint density at radius 1 is 1.04 bits per heavy atom. The Labute approximate surface area is 130 Å². The molecular formula is C16H13F4NO2. The minimum absolute atomic E-state index is 0.0703. The summed E-state index contributed by atoms with van der Waals surface area (Å²) in [5, 5.41) is 0. The van der Waals surface area contributed by atoms with Crippen molar-refractivity contribution >= 4 is 5.91 Å². The number of benzene rings is 2. The number of hydrogen-bond donors (Lipinski definition) is 0. The first-order valence-electron chi connectivity index (χ1n) is 6.64. The lowest BCUT2D eigenvalue weighted by Gasteiger charge is -2.18. The number of halogens is 4. The van der Waals surface area contributed by atoms with Crippen LogP contribution in [-0.4, -0.2) is 24.5 Å². The molecule has 0 fully saturated rings. The minimum Gasteiger partial charge on any atom is -0.477 e. The highest BCUT2D eigenvalue weighted by atomic mass is 19.2. The van der Waals surface area contributed by atoms with Gasteiger partial charge in [-0.3, -0.25) is 4.79 Å². The Kier molecular flexibility index (Phi) is 5.20. The van der Waals surface area contributed by atoms with Gasteiger partial charge in [-0.15, -0.1) is 0 Å². The standard InChI is InChI=1S/C16H13F4NO2/c1-21(8-10-5-3-2-4-6-10)13(22)9-23-16-14(19)11(17)7-12(18)15(16)20/h2-7H,8-9H2,1H3. The van der Waals surface area contributed by atoms with Crippen LogP contribution in [-0.2, 0) is 11.3 Å². The minimum atomic E-state index is -1.68. The normalized spacial score (nSPS) is 10.5. The highest BCUT2D eigenvalue weighted by Crippen LogP contribution is 2.26. The van der Waals surface area contributed by atoms with Gasteiger partial charge < -0.3 is 9.64 Å². The highest BCUT2D eigenvalue weighted by molar-refractivity contribution is 5.77. The average Bonchev–Trinajstić information content (AvgIpc) is 2.53. The lowest BCUT2D eigenvalue weighted by molar-refractivity contribution is -0.132. The summed E-state index contributed by atoms with van der Waals surface area (Å²) in [4.78, 5) is 13.1. The van der Waals surface area contributed by atoms with E-state index in [1.807, 2.05) is 6.07 Å². The molecule has 3 nitrogen and oxygen atoms in total. The van der Waals surface area contributed by atoms with Gasteiger partial charge in [0.15, 0.2) is 24.0 Å².